The van der Waals surface area contributed by atoms with Crippen LogP contribution in [-0.2, 0) is 9.75 Å². The molecule has 0 aromatic heterocycles. The molecule has 5 aliphatic rings. The van der Waals surface area contributed by atoms with E-state index in [0.29, 0.717) is 0 Å². The van der Waals surface area contributed by atoms with Gasteiger partial charge in [-0.15, -0.1) is 46.4 Å². The van der Waals surface area contributed by atoms with E-state index in [1.165, 1.54) is 18.2 Å². The van der Waals surface area contributed by atoms with Crippen molar-refractivity contribution in [2.24, 2.45) is 21.7 Å². The van der Waals surface area contributed by atoms with E-state index in [4.69, 9.17) is 139 Å². The van der Waals surface area contributed by atoms with Crippen molar-refractivity contribution in [1.82, 2.24) is 0 Å². The van der Waals surface area contributed by atoms with E-state index in [0.717, 1.165) is 0 Å². The Kier molecular flexibility index (Phi) is 5.89. The Hall–Kier alpha value is 1.58. The van der Waals surface area contributed by atoms with Gasteiger partial charge in [0.05, 0.1) is 25.8 Å². The van der Waals surface area contributed by atoms with E-state index in [1.54, 1.807) is 27.7 Å². The Morgan fingerprint density at radius 1 is 0.590 bits per heavy atom. The first-order valence-corrected chi connectivity index (χ1v) is 15.9. The van der Waals surface area contributed by atoms with Gasteiger partial charge in [0, 0.05) is 33.0 Å². The van der Waals surface area contributed by atoms with Gasteiger partial charge in [0.15, 0.2) is 8.67 Å². The number of hydrogen-bond donors (Lipinski definition) is 0. The minimum Gasteiger partial charge on any atom is -0.258 e. The second kappa shape index (κ2) is 7.51. The highest BCUT2D eigenvalue weighted by Crippen LogP contribution is 3.02. The van der Waals surface area contributed by atoms with Gasteiger partial charge in [0.25, 0.3) is 5.69 Å². The van der Waals surface area contributed by atoms with E-state index < -0.39 is 54.7 Å². The number of alkyl halides is 8. The predicted molar refractivity (Wildman–Crippen MR) is 164 cm³/mol. The van der Waals surface area contributed by atoms with Crippen molar-refractivity contribution in [2.45, 2.75) is 55.9 Å². The molecule has 39 heavy (non-hydrogen) atoms. The van der Waals surface area contributed by atoms with Crippen molar-refractivity contribution in [3.63, 3.8) is 0 Å². The summed E-state index contributed by atoms with van der Waals surface area (Å²) in [6.45, 7) is 6.94. The fourth-order valence-electron chi connectivity index (χ4n) is 9.17. The molecule has 2 saturated carbocycles. The number of hydrogen-bond acceptors (Lipinski definition) is 2. The summed E-state index contributed by atoms with van der Waals surface area (Å²) in [6.07, 6.45) is 0. The Bertz CT molecular complexity index is 1530. The number of allylic oxidation sites excluding steroid dienone is 4. The summed E-state index contributed by atoms with van der Waals surface area (Å²) in [4.78, 5) is 3.61. The van der Waals surface area contributed by atoms with Crippen LogP contribution in [0.1, 0.15) is 38.8 Å². The average molecular weight is 775 g/mol. The maximum atomic E-state index is 12.0. The van der Waals surface area contributed by atoms with Gasteiger partial charge in [-0.25, -0.2) is 0 Å². The van der Waals surface area contributed by atoms with Crippen molar-refractivity contribution < 1.29 is 4.92 Å². The molecule has 6 unspecified atom stereocenters. The molecule has 0 aliphatic heterocycles. The van der Waals surface area contributed by atoms with Crippen LogP contribution in [0.2, 0.25) is 0 Å². The highest BCUT2D eigenvalue weighted by molar-refractivity contribution is 6.66. The predicted octanol–water partition coefficient (Wildman–Crippen LogP) is 11.2. The lowest BCUT2D eigenvalue weighted by Gasteiger charge is -2.69. The van der Waals surface area contributed by atoms with Crippen molar-refractivity contribution in [2.75, 3.05) is 0 Å². The molecule has 0 N–H and O–H groups in total. The van der Waals surface area contributed by atoms with Crippen LogP contribution < -0.4 is 0 Å². The minimum absolute atomic E-state index is 0.0206. The van der Waals surface area contributed by atoms with E-state index in [1.807, 2.05) is 0 Å². The van der Waals surface area contributed by atoms with Crippen LogP contribution in [0.15, 0.2) is 38.3 Å². The molecule has 4 bridgehead atoms. The largest absolute Gasteiger partial charge is 0.269 e. The zero-order valence-corrected chi connectivity index (χ0v) is 29.1. The number of halogens is 12. The fourth-order valence-corrected chi connectivity index (χ4v) is 16.6. The summed E-state index contributed by atoms with van der Waals surface area (Å²) >= 11 is 88.2. The normalized spacial score (nSPS) is 46.9. The first-order valence-electron chi connectivity index (χ1n) is 11.3. The van der Waals surface area contributed by atoms with Gasteiger partial charge < -0.3 is 0 Å². The average Bonchev–Trinajstić information content (AvgIpc) is 3.12. The standard InChI is InChI=1S/C24H15Cl12NO2/c1-15(2)17-11(25)13(27)21(15,31)23(33,34)19(17,29)9-6-5-8(37(38)39)7-10(9)20(30)18(17)12(26)14(28)22(32,16(18,3)4)24(20,35)36/h5-7H,1-4H3. The first-order chi connectivity index (χ1) is 17.4. The van der Waals surface area contributed by atoms with E-state index >= 15 is 0 Å². The lowest BCUT2D eigenvalue weighted by Crippen LogP contribution is -2.72. The van der Waals surface area contributed by atoms with Crippen molar-refractivity contribution in [1.29, 1.82) is 0 Å². The highest BCUT2D eigenvalue weighted by atomic mass is 35.5. The number of nitro benzene ring substituents is 1. The van der Waals surface area contributed by atoms with Gasteiger partial charge in [0.1, 0.15) is 19.5 Å². The Morgan fingerprint density at radius 3 is 1.31 bits per heavy atom. The minimum atomic E-state index is -2.18. The third kappa shape index (κ3) is 2.14. The topological polar surface area (TPSA) is 43.1 Å². The first kappa shape index (κ1) is 30.6. The van der Waals surface area contributed by atoms with Crippen LogP contribution in [0, 0.1) is 31.8 Å². The number of nitrogens with zero attached hydrogens (tertiary/aromatic N) is 1. The smallest absolute Gasteiger partial charge is 0.258 e. The van der Waals surface area contributed by atoms with E-state index in [9.17, 15) is 10.1 Å². The second-order valence-corrected chi connectivity index (χ2v) is 18.2. The monoisotopic (exact) mass is 769 g/mol. The molecule has 15 heteroatoms. The SMILES string of the molecule is CC1(C)C2(Cl)C(Cl)=C(Cl)C13C(Cl)(c1ccc([N+](=O)[O-])cc1C1(Cl)C(Cl)(Cl)C4(Cl)C(Cl)=C(Cl)C13C4(C)C)C2(Cl)Cl. The summed E-state index contributed by atoms with van der Waals surface area (Å²) in [5.74, 6) is 0. The van der Waals surface area contributed by atoms with Crippen LogP contribution in [-0.4, -0.2) is 23.3 Å². The summed E-state index contributed by atoms with van der Waals surface area (Å²) in [5.41, 5.74) is -6.51. The maximum Gasteiger partial charge on any atom is 0.269 e. The number of benzene rings is 1. The number of rotatable bonds is 1. The van der Waals surface area contributed by atoms with Crippen molar-refractivity contribution in [3.05, 3.63) is 59.6 Å². The van der Waals surface area contributed by atoms with Crippen molar-refractivity contribution >= 4 is 145 Å². The lowest BCUT2D eigenvalue weighted by atomic mass is 9.38. The zero-order chi connectivity index (χ0) is 29.7. The molecular formula is C24H15Cl12NO2. The van der Waals surface area contributed by atoms with Crippen LogP contribution in [0.5, 0.6) is 0 Å². The molecular weight excluding hydrogens is 760 g/mol. The van der Waals surface area contributed by atoms with Gasteiger partial charge in [-0.2, -0.15) is 0 Å². The third-order valence-electron chi connectivity index (χ3n) is 10.5. The van der Waals surface area contributed by atoms with Gasteiger partial charge in [-0.3, -0.25) is 10.1 Å². The van der Waals surface area contributed by atoms with Crippen LogP contribution in [0.3, 0.4) is 0 Å². The third-order valence-corrected chi connectivity index (χ3v) is 19.3. The van der Waals surface area contributed by atoms with Gasteiger partial charge >= 0.3 is 0 Å². The van der Waals surface area contributed by atoms with Gasteiger partial charge in [0.2, 0.25) is 0 Å². The van der Waals surface area contributed by atoms with Crippen LogP contribution in [0.25, 0.3) is 0 Å². The molecule has 2 fully saturated rings. The fraction of sp³-hybridized carbons (Fsp3) is 0.583. The maximum absolute atomic E-state index is 12.0. The van der Waals surface area contributed by atoms with E-state index in [2.05, 4.69) is 0 Å². The highest BCUT2D eigenvalue weighted by Gasteiger charge is 3.05. The Labute approximate surface area is 284 Å². The molecule has 0 amide bonds. The molecule has 0 heterocycles. The Balaban J connectivity index is 2.03. The molecule has 2 spiro atoms. The second-order valence-electron chi connectivity index (χ2n) is 11.8. The Morgan fingerprint density at radius 2 is 0.949 bits per heavy atom. The van der Waals surface area contributed by atoms with Gasteiger partial charge in [-0.05, 0) is 17.2 Å². The quantitative estimate of drug-likeness (QED) is 0.162. The summed E-state index contributed by atoms with van der Waals surface area (Å²) in [5, 5.41) is 11.7. The molecule has 1 aromatic rings. The van der Waals surface area contributed by atoms with E-state index in [-0.39, 0.29) is 36.9 Å². The lowest BCUT2D eigenvalue weighted by molar-refractivity contribution is -0.385. The summed E-state index contributed by atoms with van der Waals surface area (Å²) in [7, 11) is 0. The molecule has 212 valence electrons. The van der Waals surface area contributed by atoms with Crippen LogP contribution >= 0.6 is 139 Å². The van der Waals surface area contributed by atoms with Crippen LogP contribution in [0.4, 0.5) is 5.69 Å². The number of nitro groups is 1. The molecule has 0 saturated heterocycles. The molecule has 5 aliphatic carbocycles. The molecule has 3 nitrogen and oxygen atoms in total. The number of non-ortho nitro benzene ring substituents is 1. The molecule has 0 radical (unpaired) electrons. The molecule has 1 aromatic carbocycles. The summed E-state index contributed by atoms with van der Waals surface area (Å²) < 4.78 is -4.30. The number of fused-ring (bicyclic) bond motifs is 5. The van der Waals surface area contributed by atoms with Gasteiger partial charge in [-0.1, -0.05) is 121 Å². The summed E-state index contributed by atoms with van der Waals surface area (Å²) in [6, 6.07) is 3.86. The molecule has 6 atom stereocenters. The molecule has 6 rings (SSSR count). The zero-order valence-electron chi connectivity index (χ0n) is 20.0. The van der Waals surface area contributed by atoms with Crippen molar-refractivity contribution in [3.8, 4) is 0 Å².